The highest BCUT2D eigenvalue weighted by atomic mass is 79.9. The molecule has 2 aliphatic rings. The number of halogens is 1. The van der Waals surface area contributed by atoms with Crippen molar-refractivity contribution in [2.75, 3.05) is 0 Å². The molecule has 2 fully saturated rings. The fourth-order valence-corrected chi connectivity index (χ4v) is 4.29. The zero-order chi connectivity index (χ0) is 17.5. The first kappa shape index (κ1) is 17.2. The quantitative estimate of drug-likeness (QED) is 0.720. The molecule has 2 aliphatic heterocycles. The average molecular weight is 392 g/mol. The lowest BCUT2D eigenvalue weighted by molar-refractivity contribution is 0.00232. The number of fused-ring (bicyclic) bond motifs is 2. The Bertz CT molecular complexity index is 678. The second kappa shape index (κ2) is 6.03. The van der Waals surface area contributed by atoms with E-state index < -0.39 is 11.0 Å². The molecule has 6 heteroatoms. The number of nitrogens with zero attached hydrogens (tertiary/aromatic N) is 3. The molecule has 24 heavy (non-hydrogen) atoms. The predicted molar refractivity (Wildman–Crippen MR) is 93.3 cm³/mol. The summed E-state index contributed by atoms with van der Waals surface area (Å²) in [6.45, 7) is 5.64. The van der Waals surface area contributed by atoms with Crippen LogP contribution in [0.2, 0.25) is 0 Å². The smallest absolute Gasteiger partial charge is 0.410 e. The fourth-order valence-electron chi connectivity index (χ4n) is 3.93. The van der Waals surface area contributed by atoms with Gasteiger partial charge >= 0.3 is 6.09 Å². The van der Waals surface area contributed by atoms with Crippen molar-refractivity contribution in [2.45, 2.75) is 69.6 Å². The number of aromatic nitrogens is 1. The van der Waals surface area contributed by atoms with Crippen LogP contribution >= 0.6 is 15.9 Å². The molecule has 3 heterocycles. The van der Waals surface area contributed by atoms with Gasteiger partial charge in [0.1, 0.15) is 5.60 Å². The minimum absolute atomic E-state index is 0.0530. The molecular weight excluding hydrogens is 370 g/mol. The Morgan fingerprint density at radius 2 is 2.00 bits per heavy atom. The van der Waals surface area contributed by atoms with Gasteiger partial charge in [-0.2, -0.15) is 5.26 Å². The monoisotopic (exact) mass is 391 g/mol. The van der Waals surface area contributed by atoms with Gasteiger partial charge in [0.15, 0.2) is 0 Å². The number of carbonyl (C=O) groups is 1. The lowest BCUT2D eigenvalue weighted by Gasteiger charge is -2.43. The molecule has 0 spiro atoms. The molecule has 0 unspecified atom stereocenters. The molecular formula is C18H22BrN3O2. The van der Waals surface area contributed by atoms with E-state index in [1.807, 2.05) is 31.7 Å². The van der Waals surface area contributed by atoms with Gasteiger partial charge in [0.2, 0.25) is 0 Å². The number of amides is 1. The van der Waals surface area contributed by atoms with Crippen LogP contribution in [0.25, 0.3) is 0 Å². The Morgan fingerprint density at radius 1 is 1.38 bits per heavy atom. The van der Waals surface area contributed by atoms with Gasteiger partial charge in [-0.15, -0.1) is 0 Å². The van der Waals surface area contributed by atoms with Gasteiger partial charge < -0.3 is 9.64 Å². The van der Waals surface area contributed by atoms with Gasteiger partial charge in [-0.25, -0.2) is 4.79 Å². The summed E-state index contributed by atoms with van der Waals surface area (Å²) in [6.07, 6.45) is 6.36. The molecule has 0 aromatic carbocycles. The molecule has 1 aromatic rings. The van der Waals surface area contributed by atoms with E-state index in [1.54, 1.807) is 12.4 Å². The molecule has 0 aliphatic carbocycles. The molecule has 1 amide bonds. The number of hydrogen-bond donors (Lipinski definition) is 0. The SMILES string of the molecule is CC(C)(C)OC(=O)N1[C@@H]2CC[C@H]1C[C@@](C#N)(c1cncc(Br)c1)C2. The first-order valence-corrected chi connectivity index (χ1v) is 9.07. The van der Waals surface area contributed by atoms with E-state index >= 15 is 0 Å². The van der Waals surface area contributed by atoms with Crippen molar-refractivity contribution in [3.05, 3.63) is 28.5 Å². The van der Waals surface area contributed by atoms with Gasteiger partial charge in [-0.1, -0.05) is 0 Å². The topological polar surface area (TPSA) is 66.2 Å². The first-order valence-electron chi connectivity index (χ1n) is 8.28. The lowest BCUT2D eigenvalue weighted by Crippen LogP contribution is -2.52. The van der Waals surface area contributed by atoms with Gasteiger partial charge in [0.25, 0.3) is 0 Å². The third kappa shape index (κ3) is 3.14. The standard InChI is InChI=1S/C18H22BrN3O2/c1-17(2,3)24-16(23)22-14-4-5-15(22)8-18(7-14,11-20)12-6-13(19)10-21-9-12/h6,9-10,14-15H,4-5,7-8H2,1-3H3/t14-,15+,18+. The maximum absolute atomic E-state index is 12.6. The number of piperidine rings is 1. The second-order valence-electron chi connectivity index (χ2n) is 7.77. The normalized spacial score (nSPS) is 29.2. The molecule has 128 valence electrons. The predicted octanol–water partition coefficient (Wildman–Crippen LogP) is 4.17. The largest absolute Gasteiger partial charge is 0.444 e. The van der Waals surface area contributed by atoms with E-state index in [9.17, 15) is 10.1 Å². The van der Waals surface area contributed by atoms with Gasteiger partial charge in [0.05, 0.1) is 11.5 Å². The summed E-state index contributed by atoms with van der Waals surface area (Å²) in [7, 11) is 0. The molecule has 0 radical (unpaired) electrons. The van der Waals surface area contributed by atoms with E-state index in [-0.39, 0.29) is 18.2 Å². The molecule has 1 aromatic heterocycles. The molecule has 2 saturated heterocycles. The second-order valence-corrected chi connectivity index (χ2v) is 8.68. The van der Waals surface area contributed by atoms with Crippen molar-refractivity contribution in [3.63, 3.8) is 0 Å². The van der Waals surface area contributed by atoms with Crippen LogP contribution in [0.3, 0.4) is 0 Å². The van der Waals surface area contributed by atoms with Crippen molar-refractivity contribution in [1.82, 2.24) is 9.88 Å². The Balaban J connectivity index is 1.86. The molecule has 2 bridgehead atoms. The third-order valence-corrected chi connectivity index (χ3v) is 5.30. The summed E-state index contributed by atoms with van der Waals surface area (Å²) in [5, 5.41) is 9.93. The highest BCUT2D eigenvalue weighted by Crippen LogP contribution is 2.47. The molecule has 0 N–H and O–H groups in total. The van der Waals surface area contributed by atoms with Crippen LogP contribution in [0.5, 0.6) is 0 Å². The van der Waals surface area contributed by atoms with Crippen LogP contribution in [-0.4, -0.2) is 33.7 Å². The van der Waals surface area contributed by atoms with E-state index in [0.29, 0.717) is 12.8 Å². The van der Waals surface area contributed by atoms with E-state index in [1.165, 1.54) is 0 Å². The van der Waals surface area contributed by atoms with Gasteiger partial charge in [-0.05, 0) is 74.0 Å². The number of ether oxygens (including phenoxy) is 1. The third-order valence-electron chi connectivity index (χ3n) is 4.86. The zero-order valence-corrected chi connectivity index (χ0v) is 15.8. The summed E-state index contributed by atoms with van der Waals surface area (Å²) >= 11 is 3.44. The fraction of sp³-hybridized carbons (Fsp3) is 0.611. The summed E-state index contributed by atoms with van der Waals surface area (Å²) < 4.78 is 6.44. The highest BCUT2D eigenvalue weighted by Gasteiger charge is 2.52. The zero-order valence-electron chi connectivity index (χ0n) is 14.3. The molecule has 3 rings (SSSR count). The summed E-state index contributed by atoms with van der Waals surface area (Å²) in [5.41, 5.74) is -0.157. The Labute approximate surface area is 151 Å². The number of nitriles is 1. The van der Waals surface area contributed by atoms with E-state index in [4.69, 9.17) is 4.74 Å². The van der Waals surface area contributed by atoms with Crippen molar-refractivity contribution in [2.24, 2.45) is 0 Å². The number of hydrogen-bond acceptors (Lipinski definition) is 4. The Kier molecular flexibility index (Phi) is 4.33. The van der Waals surface area contributed by atoms with Crippen molar-refractivity contribution < 1.29 is 9.53 Å². The first-order chi connectivity index (χ1) is 11.2. The number of pyridine rings is 1. The maximum Gasteiger partial charge on any atom is 0.410 e. The average Bonchev–Trinajstić information content (AvgIpc) is 2.77. The Hall–Kier alpha value is -1.61. The van der Waals surface area contributed by atoms with Crippen LogP contribution in [0, 0.1) is 11.3 Å². The molecule has 5 nitrogen and oxygen atoms in total. The van der Waals surface area contributed by atoms with Crippen LogP contribution in [0.1, 0.15) is 52.0 Å². The minimum atomic E-state index is -0.582. The van der Waals surface area contributed by atoms with Crippen molar-refractivity contribution >= 4 is 22.0 Å². The van der Waals surface area contributed by atoms with Crippen molar-refractivity contribution in [1.29, 1.82) is 5.26 Å². The van der Waals surface area contributed by atoms with Gasteiger partial charge in [-0.3, -0.25) is 4.98 Å². The van der Waals surface area contributed by atoms with Crippen molar-refractivity contribution in [3.8, 4) is 6.07 Å². The highest BCUT2D eigenvalue weighted by molar-refractivity contribution is 9.10. The lowest BCUT2D eigenvalue weighted by atomic mass is 9.71. The molecule has 0 saturated carbocycles. The summed E-state index contributed by atoms with van der Waals surface area (Å²) in [4.78, 5) is 18.7. The summed E-state index contributed by atoms with van der Waals surface area (Å²) in [6, 6.07) is 4.61. The van der Waals surface area contributed by atoms with Gasteiger partial charge in [0, 0.05) is 29.0 Å². The van der Waals surface area contributed by atoms with Crippen LogP contribution in [0.4, 0.5) is 4.79 Å². The maximum atomic E-state index is 12.6. The van der Waals surface area contributed by atoms with Crippen LogP contribution in [-0.2, 0) is 10.2 Å². The number of rotatable bonds is 1. The van der Waals surface area contributed by atoms with Crippen LogP contribution in [0.15, 0.2) is 22.9 Å². The summed E-state index contributed by atoms with van der Waals surface area (Å²) in [5.74, 6) is 0. The molecule has 3 atom stereocenters. The van der Waals surface area contributed by atoms with Crippen LogP contribution < -0.4 is 0 Å². The Morgan fingerprint density at radius 3 is 2.50 bits per heavy atom. The van der Waals surface area contributed by atoms with E-state index in [2.05, 4.69) is 27.0 Å². The number of carbonyl (C=O) groups excluding carboxylic acids is 1. The minimum Gasteiger partial charge on any atom is -0.444 e. The van der Waals surface area contributed by atoms with E-state index in [0.717, 1.165) is 22.9 Å².